The first-order valence-electron chi connectivity index (χ1n) is 4.74. The molecule has 5 nitrogen and oxygen atoms in total. The predicted molar refractivity (Wildman–Crippen MR) is 55.1 cm³/mol. The van der Waals surface area contributed by atoms with Crippen LogP contribution in [0.1, 0.15) is 30.8 Å². The van der Waals surface area contributed by atoms with E-state index in [1.807, 2.05) is 6.92 Å². The Bertz CT molecular complexity index is 343. The molecule has 1 atom stereocenters. The Morgan fingerprint density at radius 2 is 2.27 bits per heavy atom. The van der Waals surface area contributed by atoms with Gasteiger partial charge in [0.25, 0.3) is 0 Å². The molecule has 1 aromatic rings. The number of hydrogen-bond donors (Lipinski definition) is 3. The molecule has 0 fully saturated rings. The number of hydrogen-bond acceptors (Lipinski definition) is 4. The Morgan fingerprint density at radius 1 is 1.60 bits per heavy atom. The van der Waals surface area contributed by atoms with Crippen LogP contribution in [0.3, 0.4) is 0 Å². The van der Waals surface area contributed by atoms with Crippen LogP contribution < -0.4 is 5.32 Å². The zero-order valence-electron chi connectivity index (χ0n) is 8.78. The fourth-order valence-corrected chi connectivity index (χ4v) is 0.950. The van der Waals surface area contributed by atoms with Crippen LogP contribution in [0.2, 0.25) is 0 Å². The van der Waals surface area contributed by atoms with Gasteiger partial charge in [-0.05, 0) is 19.4 Å². The minimum atomic E-state index is -1.11. The standard InChI is InChI=1S/C10H15NO4/c1-3-10(2,14)6-11-8-5-4-7(15-8)9(12)13/h4-5,11,14H,3,6H2,1-2H3,(H,12,13). The molecule has 0 amide bonds. The van der Waals surface area contributed by atoms with Crippen molar-refractivity contribution in [1.82, 2.24) is 0 Å². The Labute approximate surface area is 87.7 Å². The van der Waals surface area contributed by atoms with Gasteiger partial charge in [0.05, 0.1) is 5.60 Å². The zero-order valence-corrected chi connectivity index (χ0v) is 8.78. The summed E-state index contributed by atoms with van der Waals surface area (Å²) < 4.78 is 4.96. The van der Waals surface area contributed by atoms with Gasteiger partial charge in [-0.2, -0.15) is 0 Å². The lowest BCUT2D eigenvalue weighted by molar-refractivity contribution is 0.0662. The van der Waals surface area contributed by atoms with Crippen LogP contribution in [0.5, 0.6) is 0 Å². The molecule has 1 aromatic heterocycles. The van der Waals surface area contributed by atoms with Crippen LogP contribution in [0, 0.1) is 0 Å². The van der Waals surface area contributed by atoms with Crippen LogP contribution in [0.25, 0.3) is 0 Å². The lowest BCUT2D eigenvalue weighted by Gasteiger charge is -2.21. The maximum absolute atomic E-state index is 10.5. The van der Waals surface area contributed by atoms with Crippen LogP contribution in [0.15, 0.2) is 16.5 Å². The van der Waals surface area contributed by atoms with Crippen molar-refractivity contribution in [3.8, 4) is 0 Å². The van der Waals surface area contributed by atoms with Gasteiger partial charge in [-0.3, -0.25) is 0 Å². The topological polar surface area (TPSA) is 82.7 Å². The zero-order chi connectivity index (χ0) is 11.5. The van der Waals surface area contributed by atoms with E-state index >= 15 is 0 Å². The highest BCUT2D eigenvalue weighted by molar-refractivity contribution is 5.84. The van der Waals surface area contributed by atoms with Gasteiger partial charge in [0.15, 0.2) is 5.88 Å². The maximum Gasteiger partial charge on any atom is 0.371 e. The van der Waals surface area contributed by atoms with Gasteiger partial charge >= 0.3 is 5.97 Å². The number of carboxylic acids is 1. The molecule has 1 heterocycles. The number of anilines is 1. The largest absolute Gasteiger partial charge is 0.475 e. The van der Waals surface area contributed by atoms with Crippen LogP contribution in [-0.4, -0.2) is 28.3 Å². The molecule has 3 N–H and O–H groups in total. The van der Waals surface area contributed by atoms with E-state index in [-0.39, 0.29) is 5.76 Å². The lowest BCUT2D eigenvalue weighted by Crippen LogP contribution is -2.32. The first-order valence-corrected chi connectivity index (χ1v) is 4.74. The lowest BCUT2D eigenvalue weighted by atomic mass is 10.0. The smallest absolute Gasteiger partial charge is 0.371 e. The molecule has 1 unspecified atom stereocenters. The summed E-state index contributed by atoms with van der Waals surface area (Å²) in [5, 5.41) is 21.1. The van der Waals surface area contributed by atoms with Crippen molar-refractivity contribution >= 4 is 11.9 Å². The first kappa shape index (κ1) is 11.6. The predicted octanol–water partition coefficient (Wildman–Crippen LogP) is 1.55. The summed E-state index contributed by atoms with van der Waals surface area (Å²) in [7, 11) is 0. The molecule has 0 aliphatic heterocycles. The molecular weight excluding hydrogens is 198 g/mol. The molecule has 15 heavy (non-hydrogen) atoms. The molecule has 0 saturated carbocycles. The number of rotatable bonds is 5. The fourth-order valence-electron chi connectivity index (χ4n) is 0.950. The first-order chi connectivity index (χ1) is 6.94. The summed E-state index contributed by atoms with van der Waals surface area (Å²) in [5.41, 5.74) is -0.823. The minimum Gasteiger partial charge on any atom is -0.475 e. The van der Waals surface area contributed by atoms with Crippen molar-refractivity contribution in [2.75, 3.05) is 11.9 Å². The Morgan fingerprint density at radius 3 is 2.73 bits per heavy atom. The number of carboxylic acid groups (broad SMARTS) is 1. The van der Waals surface area contributed by atoms with Crippen LogP contribution >= 0.6 is 0 Å². The van der Waals surface area contributed by atoms with E-state index in [2.05, 4.69) is 5.32 Å². The van der Waals surface area contributed by atoms with Gasteiger partial charge in [-0.25, -0.2) is 4.79 Å². The molecule has 0 aliphatic rings. The van der Waals surface area contributed by atoms with Gasteiger partial charge in [0.2, 0.25) is 5.76 Å². The number of furan rings is 1. The summed E-state index contributed by atoms with van der Waals surface area (Å²) in [6.07, 6.45) is 0.604. The number of nitrogens with one attached hydrogen (secondary N) is 1. The molecule has 5 heteroatoms. The van der Waals surface area contributed by atoms with Crippen molar-refractivity contribution in [3.05, 3.63) is 17.9 Å². The van der Waals surface area contributed by atoms with Crippen molar-refractivity contribution in [3.63, 3.8) is 0 Å². The summed E-state index contributed by atoms with van der Waals surface area (Å²) in [6.45, 7) is 3.88. The van der Waals surface area contributed by atoms with E-state index in [1.165, 1.54) is 12.1 Å². The SMILES string of the molecule is CCC(C)(O)CNc1ccc(C(=O)O)o1. The van der Waals surface area contributed by atoms with Crippen LogP contribution in [-0.2, 0) is 0 Å². The second-order valence-electron chi connectivity index (χ2n) is 3.67. The van der Waals surface area contributed by atoms with Crippen molar-refractivity contribution in [1.29, 1.82) is 0 Å². The second-order valence-corrected chi connectivity index (χ2v) is 3.67. The summed E-state index contributed by atoms with van der Waals surface area (Å²) in [5.74, 6) is -0.875. The van der Waals surface area contributed by atoms with E-state index in [9.17, 15) is 9.90 Å². The Kier molecular flexibility index (Phi) is 3.36. The molecule has 0 radical (unpaired) electrons. The van der Waals surface area contributed by atoms with Crippen molar-refractivity contribution in [2.24, 2.45) is 0 Å². The van der Waals surface area contributed by atoms with Gasteiger partial charge in [-0.15, -0.1) is 0 Å². The molecule has 0 spiro atoms. The molecule has 0 bridgehead atoms. The second kappa shape index (κ2) is 4.35. The Balaban J connectivity index is 2.55. The van der Waals surface area contributed by atoms with Crippen molar-refractivity contribution in [2.45, 2.75) is 25.9 Å². The van der Waals surface area contributed by atoms with Crippen LogP contribution in [0.4, 0.5) is 5.88 Å². The average Bonchev–Trinajstić information content (AvgIpc) is 2.63. The molecule has 0 aromatic carbocycles. The van der Waals surface area contributed by atoms with E-state index in [1.54, 1.807) is 6.92 Å². The number of aromatic carboxylic acids is 1. The highest BCUT2D eigenvalue weighted by Gasteiger charge is 2.18. The van der Waals surface area contributed by atoms with Gasteiger partial charge < -0.3 is 19.9 Å². The molecule has 0 aliphatic carbocycles. The molecule has 0 saturated heterocycles. The van der Waals surface area contributed by atoms with Gasteiger partial charge in [-0.1, -0.05) is 6.92 Å². The molecule has 1 rings (SSSR count). The Hall–Kier alpha value is -1.49. The third kappa shape index (κ3) is 3.28. The summed E-state index contributed by atoms with van der Waals surface area (Å²) in [4.78, 5) is 10.5. The number of aliphatic hydroxyl groups is 1. The highest BCUT2D eigenvalue weighted by atomic mass is 16.4. The van der Waals surface area contributed by atoms with E-state index in [0.29, 0.717) is 18.8 Å². The van der Waals surface area contributed by atoms with Gasteiger partial charge in [0, 0.05) is 12.6 Å². The summed E-state index contributed by atoms with van der Waals surface area (Å²) in [6, 6.07) is 2.89. The number of carbonyl (C=O) groups is 1. The third-order valence-corrected chi connectivity index (χ3v) is 2.22. The molecule has 84 valence electrons. The average molecular weight is 213 g/mol. The maximum atomic E-state index is 10.5. The molecular formula is C10H15NO4. The van der Waals surface area contributed by atoms with E-state index in [4.69, 9.17) is 9.52 Å². The van der Waals surface area contributed by atoms with Crippen molar-refractivity contribution < 1.29 is 19.4 Å². The van der Waals surface area contributed by atoms with E-state index in [0.717, 1.165) is 0 Å². The van der Waals surface area contributed by atoms with E-state index < -0.39 is 11.6 Å². The summed E-state index contributed by atoms with van der Waals surface area (Å²) >= 11 is 0. The minimum absolute atomic E-state index is 0.117. The van der Waals surface area contributed by atoms with Gasteiger partial charge in [0.1, 0.15) is 0 Å². The normalized spacial score (nSPS) is 14.6. The fraction of sp³-hybridized carbons (Fsp3) is 0.500. The third-order valence-electron chi connectivity index (χ3n) is 2.22. The quantitative estimate of drug-likeness (QED) is 0.691. The monoisotopic (exact) mass is 213 g/mol. The highest BCUT2D eigenvalue weighted by Crippen LogP contribution is 2.15.